The number of fused-ring (bicyclic) bond motifs is 1. The Hall–Kier alpha value is -0.530. The molecule has 0 bridgehead atoms. The minimum Gasteiger partial charge on any atom is -0.467 e. The van der Waals surface area contributed by atoms with Crippen molar-refractivity contribution in [2.75, 3.05) is 11.5 Å². The molecular weight excluding hydrogens is 278 g/mol. The Balaban J connectivity index is 1.82. The number of thiocarbonyl (C=S) groups is 1. The molecule has 0 saturated carbocycles. The van der Waals surface area contributed by atoms with Crippen LogP contribution in [0.4, 0.5) is 0 Å². The third-order valence-corrected chi connectivity index (χ3v) is 6.74. The molecule has 3 rings (SSSR count). The highest BCUT2D eigenvalue weighted by Gasteiger charge is 2.47. The maximum absolute atomic E-state index is 11.6. The Morgan fingerprint density at radius 1 is 1.53 bits per heavy atom. The molecule has 2 aliphatic rings. The molecule has 7 heteroatoms. The highest BCUT2D eigenvalue weighted by atomic mass is 32.2. The quantitative estimate of drug-likeness (QED) is 0.765. The summed E-state index contributed by atoms with van der Waals surface area (Å²) in [6.07, 6.45) is 1.62. The summed E-state index contributed by atoms with van der Waals surface area (Å²) in [7, 11) is -2.89. The fraction of sp³-hybridized carbons (Fsp3) is 0.500. The number of furan rings is 1. The molecule has 0 aliphatic carbocycles. The molecule has 0 N–H and O–H groups in total. The van der Waals surface area contributed by atoms with Crippen molar-refractivity contribution in [1.82, 2.24) is 4.90 Å². The van der Waals surface area contributed by atoms with Gasteiger partial charge in [0.05, 0.1) is 30.4 Å². The molecular formula is C10H11NO3S3. The van der Waals surface area contributed by atoms with Gasteiger partial charge in [-0.2, -0.15) is 0 Å². The van der Waals surface area contributed by atoms with E-state index in [2.05, 4.69) is 0 Å². The number of sulfone groups is 1. The van der Waals surface area contributed by atoms with Gasteiger partial charge in [-0.15, -0.1) is 0 Å². The van der Waals surface area contributed by atoms with Crippen molar-refractivity contribution >= 4 is 38.1 Å². The molecule has 2 fully saturated rings. The van der Waals surface area contributed by atoms with Gasteiger partial charge in [0.1, 0.15) is 10.1 Å². The summed E-state index contributed by atoms with van der Waals surface area (Å²) < 4.78 is 29.3. The first-order valence-corrected chi connectivity index (χ1v) is 8.36. The highest BCUT2D eigenvalue weighted by molar-refractivity contribution is 8.24. The molecule has 0 radical (unpaired) electrons. The smallest absolute Gasteiger partial charge is 0.153 e. The topological polar surface area (TPSA) is 50.5 Å². The van der Waals surface area contributed by atoms with Crippen LogP contribution in [0.15, 0.2) is 22.8 Å². The first kappa shape index (κ1) is 11.6. The van der Waals surface area contributed by atoms with Gasteiger partial charge in [0.15, 0.2) is 9.84 Å². The van der Waals surface area contributed by atoms with Gasteiger partial charge in [-0.3, -0.25) is 0 Å². The summed E-state index contributed by atoms with van der Waals surface area (Å²) in [4.78, 5) is 1.98. The van der Waals surface area contributed by atoms with Crippen LogP contribution in [0.5, 0.6) is 0 Å². The van der Waals surface area contributed by atoms with E-state index < -0.39 is 9.84 Å². The standard InChI is InChI=1S/C10H11NO3S3/c12-17(13)5-8-9(6-17)16-10(15)11(8)4-7-2-1-3-14-7/h1-3,8-9H,4-6H2/t8-,9-/m0/s1. The first-order valence-electron chi connectivity index (χ1n) is 5.25. The van der Waals surface area contributed by atoms with Crippen LogP contribution in [0.3, 0.4) is 0 Å². The Kier molecular flexibility index (Phi) is 2.72. The van der Waals surface area contributed by atoms with Crippen molar-refractivity contribution in [3.05, 3.63) is 24.2 Å². The zero-order chi connectivity index (χ0) is 12.0. The van der Waals surface area contributed by atoms with Crippen molar-refractivity contribution in [3.8, 4) is 0 Å². The van der Waals surface area contributed by atoms with Crippen LogP contribution in [-0.4, -0.2) is 40.4 Å². The van der Waals surface area contributed by atoms with E-state index in [0.29, 0.717) is 6.54 Å². The van der Waals surface area contributed by atoms with Crippen LogP contribution in [-0.2, 0) is 16.4 Å². The van der Waals surface area contributed by atoms with Crippen LogP contribution in [0.1, 0.15) is 5.76 Å². The molecule has 0 spiro atoms. The number of rotatable bonds is 2. The van der Waals surface area contributed by atoms with Crippen LogP contribution < -0.4 is 0 Å². The second kappa shape index (κ2) is 4.00. The molecule has 2 aliphatic heterocycles. The van der Waals surface area contributed by atoms with Crippen molar-refractivity contribution < 1.29 is 12.8 Å². The lowest BCUT2D eigenvalue weighted by Gasteiger charge is -2.22. The second-order valence-corrected chi connectivity index (χ2v) is 8.30. The molecule has 2 atom stereocenters. The number of hydrogen-bond donors (Lipinski definition) is 0. The first-order chi connectivity index (χ1) is 8.05. The zero-order valence-electron chi connectivity index (χ0n) is 8.90. The minimum atomic E-state index is -2.89. The molecule has 4 nitrogen and oxygen atoms in total. The summed E-state index contributed by atoms with van der Waals surface area (Å²) in [5.41, 5.74) is 0. The molecule has 2 saturated heterocycles. The molecule has 1 aromatic heterocycles. The third-order valence-electron chi connectivity index (χ3n) is 3.07. The van der Waals surface area contributed by atoms with Crippen molar-refractivity contribution in [1.29, 1.82) is 0 Å². The average molecular weight is 289 g/mol. The van der Waals surface area contributed by atoms with E-state index in [4.69, 9.17) is 16.6 Å². The summed E-state index contributed by atoms with van der Waals surface area (Å²) >= 11 is 6.80. The minimum absolute atomic E-state index is 0.0163. The van der Waals surface area contributed by atoms with Gasteiger partial charge < -0.3 is 9.32 Å². The molecule has 0 aromatic carbocycles. The van der Waals surface area contributed by atoms with Crippen LogP contribution in [0, 0.1) is 0 Å². The van der Waals surface area contributed by atoms with Crippen molar-refractivity contribution in [2.45, 2.75) is 17.8 Å². The van der Waals surface area contributed by atoms with Gasteiger partial charge in [0.2, 0.25) is 0 Å². The fourth-order valence-corrected chi connectivity index (χ4v) is 6.66. The zero-order valence-corrected chi connectivity index (χ0v) is 11.4. The lowest BCUT2D eigenvalue weighted by molar-refractivity contribution is 0.321. The van der Waals surface area contributed by atoms with Gasteiger partial charge in [0.25, 0.3) is 0 Å². The van der Waals surface area contributed by atoms with E-state index in [-0.39, 0.29) is 22.8 Å². The molecule has 0 amide bonds. The van der Waals surface area contributed by atoms with Crippen LogP contribution >= 0.6 is 24.0 Å². The Bertz CT molecular complexity index is 537. The van der Waals surface area contributed by atoms with Gasteiger partial charge >= 0.3 is 0 Å². The SMILES string of the molecule is O=S1(=O)C[C@@H]2SC(=S)N(Cc3ccco3)[C@H]2C1. The van der Waals surface area contributed by atoms with E-state index in [1.807, 2.05) is 17.0 Å². The maximum atomic E-state index is 11.6. The summed E-state index contributed by atoms with van der Waals surface area (Å²) in [5.74, 6) is 1.28. The van der Waals surface area contributed by atoms with Gasteiger partial charge in [-0.25, -0.2) is 8.42 Å². The summed E-state index contributed by atoms with van der Waals surface area (Å²) in [5, 5.41) is 0.0995. The fourth-order valence-electron chi connectivity index (χ4n) is 2.28. The molecule has 1 aromatic rings. The second-order valence-electron chi connectivity index (χ2n) is 4.27. The third kappa shape index (κ3) is 2.11. The number of thioether (sulfide) groups is 1. The van der Waals surface area contributed by atoms with E-state index >= 15 is 0 Å². The molecule has 17 heavy (non-hydrogen) atoms. The average Bonchev–Trinajstić information content (AvgIpc) is 2.87. The van der Waals surface area contributed by atoms with Crippen molar-refractivity contribution in [2.24, 2.45) is 0 Å². The predicted molar refractivity (Wildman–Crippen MR) is 70.7 cm³/mol. The number of hydrogen-bond acceptors (Lipinski definition) is 5. The molecule has 92 valence electrons. The van der Waals surface area contributed by atoms with E-state index in [1.165, 1.54) is 11.8 Å². The Morgan fingerprint density at radius 3 is 3.06 bits per heavy atom. The van der Waals surface area contributed by atoms with Gasteiger partial charge in [-0.1, -0.05) is 24.0 Å². The van der Waals surface area contributed by atoms with Crippen molar-refractivity contribution in [3.63, 3.8) is 0 Å². The summed E-state index contributed by atoms with van der Waals surface area (Å²) in [6.45, 7) is 0.565. The lowest BCUT2D eigenvalue weighted by Crippen LogP contribution is -2.36. The lowest BCUT2D eigenvalue weighted by atomic mass is 10.2. The summed E-state index contributed by atoms with van der Waals surface area (Å²) in [6, 6.07) is 3.72. The van der Waals surface area contributed by atoms with E-state index in [1.54, 1.807) is 6.26 Å². The normalized spacial score (nSPS) is 30.8. The van der Waals surface area contributed by atoms with E-state index in [0.717, 1.165) is 10.1 Å². The van der Waals surface area contributed by atoms with Crippen LogP contribution in [0.2, 0.25) is 0 Å². The Labute approximate surface area is 109 Å². The molecule has 0 unspecified atom stereocenters. The predicted octanol–water partition coefficient (Wildman–Crippen LogP) is 1.28. The highest BCUT2D eigenvalue weighted by Crippen LogP contribution is 2.38. The van der Waals surface area contributed by atoms with Crippen LogP contribution in [0.25, 0.3) is 0 Å². The molecule has 3 heterocycles. The monoisotopic (exact) mass is 289 g/mol. The maximum Gasteiger partial charge on any atom is 0.153 e. The van der Waals surface area contributed by atoms with E-state index in [9.17, 15) is 8.42 Å². The van der Waals surface area contributed by atoms with Gasteiger partial charge in [-0.05, 0) is 12.1 Å². The van der Waals surface area contributed by atoms with Gasteiger partial charge in [0, 0.05) is 5.25 Å². The largest absolute Gasteiger partial charge is 0.467 e. The Morgan fingerprint density at radius 2 is 2.35 bits per heavy atom. The number of nitrogens with zero attached hydrogens (tertiary/aromatic N) is 1.